The average molecular weight is 456 g/mol. The Hall–Kier alpha value is -1.55. The van der Waals surface area contributed by atoms with Gasteiger partial charge in [-0.3, -0.25) is 9.69 Å². The highest BCUT2D eigenvalue weighted by Gasteiger charge is 2.43. The van der Waals surface area contributed by atoms with Crippen molar-refractivity contribution in [1.82, 2.24) is 25.5 Å². The molecule has 1 atom stereocenters. The Morgan fingerprint density at radius 1 is 1.28 bits per heavy atom. The first-order valence-corrected chi connectivity index (χ1v) is 9.07. The number of carbonyl (C=O) groups is 1. The van der Waals surface area contributed by atoms with Gasteiger partial charge in [-0.2, -0.15) is 13.2 Å². The molecule has 0 bridgehead atoms. The number of hydrogen-bond acceptors (Lipinski definition) is 4. The molecule has 1 aliphatic heterocycles. The molecule has 1 fully saturated rings. The van der Waals surface area contributed by atoms with Crippen molar-refractivity contribution < 1.29 is 18.0 Å². The van der Waals surface area contributed by atoms with E-state index in [0.717, 1.165) is 16.6 Å². The number of fused-ring (bicyclic) bond motifs is 1. The van der Waals surface area contributed by atoms with Gasteiger partial charge in [-0.1, -0.05) is 12.1 Å². The van der Waals surface area contributed by atoms with E-state index < -0.39 is 24.7 Å². The molecule has 2 heterocycles. The number of para-hydroxylation sites is 1. The second-order valence-corrected chi connectivity index (χ2v) is 6.80. The van der Waals surface area contributed by atoms with Crippen LogP contribution in [0.5, 0.6) is 0 Å². The van der Waals surface area contributed by atoms with Crippen LogP contribution >= 0.6 is 24.8 Å². The summed E-state index contributed by atoms with van der Waals surface area (Å²) >= 11 is 0. The fourth-order valence-corrected chi connectivity index (χ4v) is 3.32. The van der Waals surface area contributed by atoms with Crippen molar-refractivity contribution in [1.29, 1.82) is 0 Å². The number of benzene rings is 1. The van der Waals surface area contributed by atoms with Crippen molar-refractivity contribution in [2.75, 3.05) is 32.7 Å². The monoisotopic (exact) mass is 455 g/mol. The lowest BCUT2D eigenvalue weighted by Gasteiger charge is -2.35. The Morgan fingerprint density at radius 3 is 2.59 bits per heavy atom. The second kappa shape index (κ2) is 11.0. The van der Waals surface area contributed by atoms with Crippen molar-refractivity contribution in [3.8, 4) is 0 Å². The standard InChI is InChI=1S/C18H24F3N5O.2ClH/c1-12-3-2-4-13-17(12)25-15(24-13)5-6-16(27)23-11-14(18(19,20)21)26-9-7-22-8-10-26;;/h2-4,14,22H,5-11H2,1H3,(H,23,27)(H,24,25);2*1H. The SMILES string of the molecule is Cc1cccc2[nH]c(CCC(=O)NCC(N3CCNCC3)C(F)(F)F)nc12.Cl.Cl. The van der Waals surface area contributed by atoms with E-state index in [1.807, 2.05) is 25.1 Å². The van der Waals surface area contributed by atoms with E-state index in [-0.39, 0.29) is 31.2 Å². The number of H-pyrrole nitrogens is 1. The van der Waals surface area contributed by atoms with Crippen LogP contribution in [0.1, 0.15) is 17.8 Å². The number of amides is 1. The summed E-state index contributed by atoms with van der Waals surface area (Å²) in [7, 11) is 0. The summed E-state index contributed by atoms with van der Waals surface area (Å²) in [6, 6.07) is 4.12. The van der Waals surface area contributed by atoms with E-state index >= 15 is 0 Å². The summed E-state index contributed by atoms with van der Waals surface area (Å²) in [4.78, 5) is 21.0. The summed E-state index contributed by atoms with van der Waals surface area (Å²) in [5.74, 6) is 0.250. The van der Waals surface area contributed by atoms with Crippen LogP contribution in [0.2, 0.25) is 0 Å². The predicted octanol–water partition coefficient (Wildman–Crippen LogP) is 2.60. The fourth-order valence-electron chi connectivity index (χ4n) is 3.32. The molecule has 1 aliphatic rings. The van der Waals surface area contributed by atoms with Crippen molar-refractivity contribution in [2.24, 2.45) is 0 Å². The van der Waals surface area contributed by atoms with Crippen LogP contribution in [0.4, 0.5) is 13.2 Å². The minimum absolute atomic E-state index is 0. The molecule has 1 saturated heterocycles. The maximum atomic E-state index is 13.3. The Bertz CT molecular complexity index is 793. The van der Waals surface area contributed by atoms with Gasteiger partial charge >= 0.3 is 6.18 Å². The van der Waals surface area contributed by atoms with E-state index in [9.17, 15) is 18.0 Å². The fraction of sp³-hybridized carbons (Fsp3) is 0.556. The molecule has 0 radical (unpaired) electrons. The smallest absolute Gasteiger partial charge is 0.354 e. The third-order valence-electron chi connectivity index (χ3n) is 4.82. The van der Waals surface area contributed by atoms with Crippen molar-refractivity contribution >= 4 is 41.8 Å². The summed E-state index contributed by atoms with van der Waals surface area (Å²) in [5.41, 5.74) is 2.77. The van der Waals surface area contributed by atoms with Gasteiger partial charge < -0.3 is 15.6 Å². The number of aryl methyl sites for hydroxylation is 2. The van der Waals surface area contributed by atoms with Crippen LogP contribution in [0.3, 0.4) is 0 Å². The molecule has 1 amide bonds. The Kier molecular flexibility index (Phi) is 9.67. The van der Waals surface area contributed by atoms with Gasteiger partial charge in [0.05, 0.1) is 11.0 Å². The zero-order valence-electron chi connectivity index (χ0n) is 16.0. The molecule has 3 rings (SSSR count). The van der Waals surface area contributed by atoms with Crippen molar-refractivity contribution in [3.63, 3.8) is 0 Å². The maximum Gasteiger partial charge on any atom is 0.405 e. The lowest BCUT2D eigenvalue weighted by Crippen LogP contribution is -2.57. The van der Waals surface area contributed by atoms with Crippen LogP contribution < -0.4 is 10.6 Å². The summed E-state index contributed by atoms with van der Waals surface area (Å²) < 4.78 is 40.0. The molecule has 1 aromatic carbocycles. The number of piperazine rings is 1. The van der Waals surface area contributed by atoms with Gasteiger partial charge in [-0.25, -0.2) is 4.98 Å². The van der Waals surface area contributed by atoms with Gasteiger partial charge in [0.2, 0.25) is 5.91 Å². The highest BCUT2D eigenvalue weighted by atomic mass is 35.5. The molecule has 2 aromatic rings. The third kappa shape index (κ3) is 6.74. The molecular formula is C18H26Cl2F3N5O. The van der Waals surface area contributed by atoms with Crippen molar-refractivity contribution in [3.05, 3.63) is 29.6 Å². The summed E-state index contributed by atoms with van der Waals surface area (Å²) in [5, 5.41) is 5.47. The number of carbonyl (C=O) groups excluding carboxylic acids is 1. The quantitative estimate of drug-likeness (QED) is 0.625. The Labute approximate surface area is 179 Å². The second-order valence-electron chi connectivity index (χ2n) is 6.80. The molecule has 11 heteroatoms. The summed E-state index contributed by atoms with van der Waals surface area (Å²) in [6.45, 7) is 3.20. The molecule has 164 valence electrons. The van der Waals surface area contributed by atoms with Gasteiger partial charge in [0.15, 0.2) is 0 Å². The molecule has 29 heavy (non-hydrogen) atoms. The number of alkyl halides is 3. The van der Waals surface area contributed by atoms with Gasteiger partial charge in [-0.05, 0) is 18.6 Å². The number of hydrogen-bond donors (Lipinski definition) is 3. The molecule has 6 nitrogen and oxygen atoms in total. The molecule has 3 N–H and O–H groups in total. The van der Waals surface area contributed by atoms with Crippen molar-refractivity contribution in [2.45, 2.75) is 32.0 Å². The normalized spacial score (nSPS) is 16.0. The molecule has 1 unspecified atom stereocenters. The van der Waals surface area contributed by atoms with E-state index in [1.165, 1.54) is 4.90 Å². The first kappa shape index (κ1) is 25.5. The zero-order chi connectivity index (χ0) is 19.4. The molecule has 0 spiro atoms. The predicted molar refractivity (Wildman–Crippen MR) is 111 cm³/mol. The van der Waals surface area contributed by atoms with Crippen LogP contribution in [-0.4, -0.2) is 65.7 Å². The number of nitrogens with one attached hydrogen (secondary N) is 3. The lowest BCUT2D eigenvalue weighted by atomic mass is 10.2. The number of rotatable bonds is 6. The van der Waals surface area contributed by atoms with E-state index in [2.05, 4.69) is 20.6 Å². The van der Waals surface area contributed by atoms with Gasteiger partial charge in [0.25, 0.3) is 0 Å². The third-order valence-corrected chi connectivity index (χ3v) is 4.82. The number of nitrogens with zero attached hydrogens (tertiary/aromatic N) is 2. The first-order chi connectivity index (χ1) is 12.8. The van der Waals surface area contributed by atoms with E-state index in [0.29, 0.717) is 38.4 Å². The van der Waals surface area contributed by atoms with Crippen LogP contribution in [0, 0.1) is 6.92 Å². The highest BCUT2D eigenvalue weighted by molar-refractivity contribution is 5.85. The largest absolute Gasteiger partial charge is 0.405 e. The minimum atomic E-state index is -4.37. The first-order valence-electron chi connectivity index (χ1n) is 9.07. The summed E-state index contributed by atoms with van der Waals surface area (Å²) in [6.07, 6.45) is -3.93. The Morgan fingerprint density at radius 2 is 1.97 bits per heavy atom. The van der Waals surface area contributed by atoms with E-state index in [1.54, 1.807) is 0 Å². The Balaban J connectivity index is 0.00000210. The molecule has 0 saturated carbocycles. The van der Waals surface area contributed by atoms with E-state index in [4.69, 9.17) is 0 Å². The minimum Gasteiger partial charge on any atom is -0.354 e. The maximum absolute atomic E-state index is 13.3. The number of imidazole rings is 1. The lowest BCUT2D eigenvalue weighted by molar-refractivity contribution is -0.184. The van der Waals surface area contributed by atoms with Gasteiger partial charge in [0, 0.05) is 45.6 Å². The molecule has 1 aromatic heterocycles. The van der Waals surface area contributed by atoms with Gasteiger partial charge in [-0.15, -0.1) is 24.8 Å². The number of aromatic nitrogens is 2. The van der Waals surface area contributed by atoms with Crippen LogP contribution in [-0.2, 0) is 11.2 Å². The average Bonchev–Trinajstić information content (AvgIpc) is 3.04. The molecule has 0 aliphatic carbocycles. The molecular weight excluding hydrogens is 430 g/mol. The number of halogens is 5. The van der Waals surface area contributed by atoms with Crippen LogP contribution in [0.15, 0.2) is 18.2 Å². The number of aromatic amines is 1. The zero-order valence-corrected chi connectivity index (χ0v) is 17.6. The topological polar surface area (TPSA) is 73.1 Å². The van der Waals surface area contributed by atoms with Crippen LogP contribution in [0.25, 0.3) is 11.0 Å². The highest BCUT2D eigenvalue weighted by Crippen LogP contribution is 2.24. The van der Waals surface area contributed by atoms with Gasteiger partial charge in [0.1, 0.15) is 11.9 Å².